The molecule has 2 aromatic rings. The Morgan fingerprint density at radius 2 is 1.70 bits per heavy atom. The number of pyridine rings is 1. The van der Waals surface area contributed by atoms with Crippen molar-refractivity contribution in [3.63, 3.8) is 0 Å². The normalized spacial score (nSPS) is 13.3. The van der Waals surface area contributed by atoms with Crippen LogP contribution in [0.25, 0.3) is 0 Å². The van der Waals surface area contributed by atoms with Gasteiger partial charge in [-0.05, 0) is 19.9 Å². The van der Waals surface area contributed by atoms with Gasteiger partial charge >= 0.3 is 11.9 Å². The molecule has 0 fully saturated rings. The highest BCUT2D eigenvalue weighted by molar-refractivity contribution is 5.98. The number of nitrogens with one attached hydrogen (secondary N) is 1. The molecule has 0 aliphatic carbocycles. The maximum absolute atomic E-state index is 13.5. The van der Waals surface area contributed by atoms with Gasteiger partial charge in [-0.3, -0.25) is 9.59 Å². The number of hydrogen-bond donors (Lipinski definition) is 1. The Kier molecular flexibility index (Phi) is 8.72. The molecule has 178 valence electrons. The molecule has 1 N–H and O–H groups in total. The second kappa shape index (κ2) is 11.3. The summed E-state index contributed by atoms with van der Waals surface area (Å²) in [5, 5.41) is 2.48. The van der Waals surface area contributed by atoms with Gasteiger partial charge in [0.25, 0.3) is 5.91 Å². The zero-order chi connectivity index (χ0) is 24.7. The SMILES string of the molecule is COc1cc(F)ccc1[C@@H](C)[C@H](C)OC(=O)[C@H](C)NC(=O)c1nccc(OC)c1OC(C)=O. The molecule has 0 saturated heterocycles. The van der Waals surface area contributed by atoms with Crippen LogP contribution in [0.3, 0.4) is 0 Å². The molecule has 0 unspecified atom stereocenters. The minimum absolute atomic E-state index is 0.135. The van der Waals surface area contributed by atoms with Gasteiger partial charge < -0.3 is 24.3 Å². The van der Waals surface area contributed by atoms with E-state index < -0.39 is 35.8 Å². The maximum atomic E-state index is 13.5. The Morgan fingerprint density at radius 1 is 1.03 bits per heavy atom. The van der Waals surface area contributed by atoms with Crippen molar-refractivity contribution in [3.8, 4) is 17.2 Å². The van der Waals surface area contributed by atoms with Crippen LogP contribution in [0.1, 0.15) is 49.7 Å². The van der Waals surface area contributed by atoms with Crippen molar-refractivity contribution >= 4 is 17.8 Å². The van der Waals surface area contributed by atoms with Crippen LogP contribution in [-0.4, -0.2) is 49.2 Å². The molecular weight excluding hydrogens is 435 g/mol. The molecular formula is C23H27FN2O7. The summed E-state index contributed by atoms with van der Waals surface area (Å²) in [4.78, 5) is 40.7. The average Bonchev–Trinajstić information content (AvgIpc) is 2.77. The Labute approximate surface area is 191 Å². The Balaban J connectivity index is 2.10. The quantitative estimate of drug-likeness (QED) is 0.566. The summed E-state index contributed by atoms with van der Waals surface area (Å²) in [5.41, 5.74) is 0.448. The van der Waals surface area contributed by atoms with Crippen molar-refractivity contribution in [1.29, 1.82) is 0 Å². The van der Waals surface area contributed by atoms with Crippen molar-refractivity contribution < 1.29 is 37.7 Å². The van der Waals surface area contributed by atoms with Gasteiger partial charge in [-0.15, -0.1) is 0 Å². The Hall–Kier alpha value is -3.69. The number of ether oxygens (including phenoxy) is 4. The van der Waals surface area contributed by atoms with E-state index in [1.165, 1.54) is 52.5 Å². The van der Waals surface area contributed by atoms with E-state index in [1.54, 1.807) is 13.0 Å². The smallest absolute Gasteiger partial charge is 0.328 e. The fourth-order valence-corrected chi connectivity index (χ4v) is 3.02. The lowest BCUT2D eigenvalue weighted by Crippen LogP contribution is -2.41. The first-order valence-corrected chi connectivity index (χ1v) is 10.1. The highest BCUT2D eigenvalue weighted by Crippen LogP contribution is 2.31. The number of benzene rings is 1. The van der Waals surface area contributed by atoms with Crippen molar-refractivity contribution in [3.05, 3.63) is 47.5 Å². The molecule has 3 atom stereocenters. The number of nitrogens with zero attached hydrogens (tertiary/aromatic N) is 1. The van der Waals surface area contributed by atoms with E-state index in [2.05, 4.69) is 10.3 Å². The third-order valence-electron chi connectivity index (χ3n) is 4.94. The molecule has 0 saturated carbocycles. The van der Waals surface area contributed by atoms with Crippen molar-refractivity contribution in [2.45, 2.75) is 45.8 Å². The minimum Gasteiger partial charge on any atom is -0.496 e. The third kappa shape index (κ3) is 6.41. The number of hydrogen-bond acceptors (Lipinski definition) is 8. The zero-order valence-electron chi connectivity index (χ0n) is 19.3. The van der Waals surface area contributed by atoms with E-state index in [1.807, 2.05) is 6.92 Å². The number of aromatic nitrogens is 1. The van der Waals surface area contributed by atoms with Gasteiger partial charge in [0.2, 0.25) is 5.75 Å². The molecule has 10 heteroatoms. The van der Waals surface area contributed by atoms with Crippen molar-refractivity contribution in [2.24, 2.45) is 0 Å². The lowest BCUT2D eigenvalue weighted by atomic mass is 9.95. The first-order chi connectivity index (χ1) is 15.6. The summed E-state index contributed by atoms with van der Waals surface area (Å²) in [5.74, 6) is -2.55. The van der Waals surface area contributed by atoms with E-state index in [0.717, 1.165) is 0 Å². The minimum atomic E-state index is -1.04. The predicted octanol–water partition coefficient (Wildman–Crippen LogP) is 3.02. The lowest BCUT2D eigenvalue weighted by molar-refractivity contribution is -0.151. The second-order valence-electron chi connectivity index (χ2n) is 7.30. The molecule has 1 amide bonds. The number of halogens is 1. The molecule has 1 aromatic carbocycles. The maximum Gasteiger partial charge on any atom is 0.328 e. The number of amides is 1. The third-order valence-corrected chi connectivity index (χ3v) is 4.94. The van der Waals surface area contributed by atoms with Crippen LogP contribution in [0.15, 0.2) is 30.5 Å². The van der Waals surface area contributed by atoms with Gasteiger partial charge in [-0.1, -0.05) is 13.0 Å². The molecule has 33 heavy (non-hydrogen) atoms. The molecule has 9 nitrogen and oxygen atoms in total. The average molecular weight is 462 g/mol. The van der Waals surface area contributed by atoms with Gasteiger partial charge in [-0.2, -0.15) is 0 Å². The summed E-state index contributed by atoms with van der Waals surface area (Å²) >= 11 is 0. The topological polar surface area (TPSA) is 113 Å². The molecule has 0 radical (unpaired) electrons. The van der Waals surface area contributed by atoms with Crippen molar-refractivity contribution in [2.75, 3.05) is 14.2 Å². The van der Waals surface area contributed by atoms with Gasteiger partial charge in [0.05, 0.1) is 14.2 Å². The van der Waals surface area contributed by atoms with E-state index in [-0.39, 0.29) is 23.1 Å². The number of carbonyl (C=O) groups excluding carboxylic acids is 3. The largest absolute Gasteiger partial charge is 0.496 e. The highest BCUT2D eigenvalue weighted by atomic mass is 19.1. The van der Waals surface area contributed by atoms with E-state index in [4.69, 9.17) is 18.9 Å². The molecule has 1 aromatic heterocycles. The van der Waals surface area contributed by atoms with Crippen molar-refractivity contribution in [1.82, 2.24) is 10.3 Å². The summed E-state index contributed by atoms with van der Waals surface area (Å²) < 4.78 is 34.4. The van der Waals surface area contributed by atoms with Crippen LogP contribution in [0.2, 0.25) is 0 Å². The molecule has 0 bridgehead atoms. The second-order valence-corrected chi connectivity index (χ2v) is 7.30. The highest BCUT2D eigenvalue weighted by Gasteiger charge is 2.27. The van der Waals surface area contributed by atoms with Gasteiger partial charge in [0.15, 0.2) is 11.4 Å². The van der Waals surface area contributed by atoms with Crippen LogP contribution >= 0.6 is 0 Å². The van der Waals surface area contributed by atoms with Gasteiger partial charge in [-0.25, -0.2) is 14.2 Å². The fraction of sp³-hybridized carbons (Fsp3) is 0.391. The van der Waals surface area contributed by atoms with E-state index >= 15 is 0 Å². The summed E-state index contributed by atoms with van der Waals surface area (Å²) in [6.07, 6.45) is 0.701. The van der Waals surface area contributed by atoms with E-state index in [0.29, 0.717) is 11.3 Å². The zero-order valence-corrected chi connectivity index (χ0v) is 19.3. The van der Waals surface area contributed by atoms with Crippen LogP contribution < -0.4 is 19.5 Å². The first-order valence-electron chi connectivity index (χ1n) is 10.1. The number of methoxy groups -OCH3 is 2. The standard InChI is InChI=1S/C23H27FN2O7/c1-12(17-8-7-16(24)11-19(17)31-6)14(3)32-23(29)13(2)26-22(28)20-21(33-15(4)27)18(30-5)9-10-25-20/h7-14H,1-6H3,(H,26,28)/t12-,13-,14-/m0/s1. The fourth-order valence-electron chi connectivity index (χ4n) is 3.02. The van der Waals surface area contributed by atoms with Gasteiger partial charge in [0, 0.05) is 36.7 Å². The molecule has 0 spiro atoms. The molecule has 0 aliphatic rings. The summed E-state index contributed by atoms with van der Waals surface area (Å²) in [6.45, 7) is 6.11. The number of carbonyl (C=O) groups is 3. The Bertz CT molecular complexity index is 1030. The lowest BCUT2D eigenvalue weighted by Gasteiger charge is -2.24. The molecule has 1 heterocycles. The number of rotatable bonds is 9. The Morgan fingerprint density at radius 3 is 2.30 bits per heavy atom. The van der Waals surface area contributed by atoms with Crippen LogP contribution in [0.4, 0.5) is 4.39 Å². The molecule has 2 rings (SSSR count). The first kappa shape index (κ1) is 25.6. The summed E-state index contributed by atoms with van der Waals surface area (Å²) in [6, 6.07) is 4.51. The van der Waals surface area contributed by atoms with Crippen LogP contribution in [0, 0.1) is 5.82 Å². The van der Waals surface area contributed by atoms with Crippen LogP contribution in [0.5, 0.6) is 17.2 Å². The van der Waals surface area contributed by atoms with Crippen LogP contribution in [-0.2, 0) is 14.3 Å². The monoisotopic (exact) mass is 462 g/mol. The summed E-state index contributed by atoms with van der Waals surface area (Å²) in [7, 11) is 2.78. The van der Waals surface area contributed by atoms with Gasteiger partial charge in [0.1, 0.15) is 23.7 Å². The van der Waals surface area contributed by atoms with E-state index in [9.17, 15) is 18.8 Å². The number of esters is 2. The predicted molar refractivity (Wildman–Crippen MR) is 116 cm³/mol. The molecule has 0 aliphatic heterocycles.